The van der Waals surface area contributed by atoms with E-state index in [0.29, 0.717) is 24.9 Å². The lowest BCUT2D eigenvalue weighted by molar-refractivity contribution is -0.133. The Balaban J connectivity index is 2.38. The van der Waals surface area contributed by atoms with Crippen LogP contribution in [0.1, 0.15) is 58.3 Å². The molecular formula is C13H26N2O. The molecule has 16 heavy (non-hydrogen) atoms. The summed E-state index contributed by atoms with van der Waals surface area (Å²) in [5.41, 5.74) is 5.60. The van der Waals surface area contributed by atoms with Gasteiger partial charge in [0.15, 0.2) is 0 Å². The maximum atomic E-state index is 12.1. The lowest BCUT2D eigenvalue weighted by Gasteiger charge is -2.28. The second-order valence-corrected chi connectivity index (χ2v) is 4.77. The second-order valence-electron chi connectivity index (χ2n) is 4.77. The maximum absolute atomic E-state index is 12.1. The fourth-order valence-electron chi connectivity index (χ4n) is 2.54. The van der Waals surface area contributed by atoms with Gasteiger partial charge in [-0.3, -0.25) is 4.79 Å². The van der Waals surface area contributed by atoms with Crippen LogP contribution in [0.4, 0.5) is 0 Å². The Kier molecular flexibility index (Phi) is 6.46. The normalized spacial score (nSPS) is 16.6. The lowest BCUT2D eigenvalue weighted by Crippen LogP contribution is -2.41. The van der Waals surface area contributed by atoms with Crippen molar-refractivity contribution in [3.63, 3.8) is 0 Å². The van der Waals surface area contributed by atoms with Gasteiger partial charge in [0.05, 0.1) is 0 Å². The molecule has 1 saturated carbocycles. The van der Waals surface area contributed by atoms with E-state index in [-0.39, 0.29) is 0 Å². The number of unbranched alkanes of at least 4 members (excludes halogenated alkanes) is 2. The van der Waals surface area contributed by atoms with E-state index in [1.165, 1.54) is 32.1 Å². The summed E-state index contributed by atoms with van der Waals surface area (Å²) in [5.74, 6) is 0.325. The summed E-state index contributed by atoms with van der Waals surface area (Å²) in [6, 6.07) is 0.484. The van der Waals surface area contributed by atoms with Crippen LogP contribution in [-0.2, 0) is 4.79 Å². The molecule has 0 spiro atoms. The first kappa shape index (κ1) is 13.5. The quantitative estimate of drug-likeness (QED) is 0.677. The summed E-state index contributed by atoms with van der Waals surface area (Å²) >= 11 is 0. The molecule has 1 aliphatic carbocycles. The average Bonchev–Trinajstić information content (AvgIpc) is 2.79. The minimum absolute atomic E-state index is 0.325. The summed E-state index contributed by atoms with van der Waals surface area (Å²) in [4.78, 5) is 14.1. The monoisotopic (exact) mass is 226 g/mol. The van der Waals surface area contributed by atoms with Gasteiger partial charge >= 0.3 is 0 Å². The molecule has 0 bridgehead atoms. The Hall–Kier alpha value is -0.570. The number of nitrogens with zero attached hydrogens (tertiary/aromatic N) is 1. The highest BCUT2D eigenvalue weighted by molar-refractivity contribution is 5.76. The van der Waals surface area contributed by atoms with Crippen molar-refractivity contribution in [1.82, 2.24) is 4.90 Å². The Bertz CT molecular complexity index is 200. The van der Waals surface area contributed by atoms with Gasteiger partial charge in [-0.2, -0.15) is 0 Å². The molecule has 0 radical (unpaired) electrons. The number of hydrogen-bond donors (Lipinski definition) is 1. The molecule has 94 valence electrons. The fourth-order valence-corrected chi connectivity index (χ4v) is 2.54. The number of rotatable bonds is 7. The Morgan fingerprint density at radius 3 is 2.56 bits per heavy atom. The van der Waals surface area contributed by atoms with Gasteiger partial charge in [-0.25, -0.2) is 0 Å². The topological polar surface area (TPSA) is 46.3 Å². The zero-order valence-electron chi connectivity index (χ0n) is 10.6. The van der Waals surface area contributed by atoms with Crippen molar-refractivity contribution in [2.24, 2.45) is 5.73 Å². The van der Waals surface area contributed by atoms with Crippen LogP contribution < -0.4 is 5.73 Å². The number of hydrogen-bond acceptors (Lipinski definition) is 2. The molecule has 0 unspecified atom stereocenters. The summed E-state index contributed by atoms with van der Waals surface area (Å²) < 4.78 is 0. The molecule has 1 fully saturated rings. The average molecular weight is 226 g/mol. The third-order valence-electron chi connectivity index (χ3n) is 3.45. The van der Waals surface area contributed by atoms with Crippen LogP contribution >= 0.6 is 0 Å². The molecular weight excluding hydrogens is 200 g/mol. The first-order valence-corrected chi connectivity index (χ1v) is 6.79. The second kappa shape index (κ2) is 7.66. The molecule has 0 atom stereocenters. The molecule has 0 saturated heterocycles. The molecule has 2 N–H and O–H groups in total. The molecule has 0 aromatic rings. The largest absolute Gasteiger partial charge is 0.338 e. The molecule has 0 aliphatic heterocycles. The molecule has 3 heteroatoms. The van der Waals surface area contributed by atoms with Crippen molar-refractivity contribution in [2.75, 3.05) is 13.1 Å². The third kappa shape index (κ3) is 4.12. The molecule has 0 aromatic carbocycles. The molecule has 0 aromatic heterocycles. The van der Waals surface area contributed by atoms with Gasteiger partial charge in [0, 0.05) is 25.6 Å². The summed E-state index contributed by atoms with van der Waals surface area (Å²) in [6.07, 6.45) is 8.98. The van der Waals surface area contributed by atoms with Gasteiger partial charge in [0.2, 0.25) is 5.91 Å². The van der Waals surface area contributed by atoms with Crippen LogP contribution in [0, 0.1) is 0 Å². The van der Waals surface area contributed by atoms with Crippen LogP contribution in [0.5, 0.6) is 0 Å². The Labute approximate surface area is 99.4 Å². The summed E-state index contributed by atoms with van der Waals surface area (Å²) in [7, 11) is 0. The predicted molar refractivity (Wildman–Crippen MR) is 67.2 cm³/mol. The van der Waals surface area contributed by atoms with Gasteiger partial charge in [0.25, 0.3) is 0 Å². The van der Waals surface area contributed by atoms with Gasteiger partial charge in [-0.05, 0) is 19.3 Å². The van der Waals surface area contributed by atoms with Crippen LogP contribution in [0.15, 0.2) is 0 Å². The Morgan fingerprint density at radius 1 is 1.31 bits per heavy atom. The molecule has 1 rings (SSSR count). The van der Waals surface area contributed by atoms with E-state index in [4.69, 9.17) is 5.73 Å². The van der Waals surface area contributed by atoms with Crippen molar-refractivity contribution in [3.05, 3.63) is 0 Å². The van der Waals surface area contributed by atoms with E-state index in [0.717, 1.165) is 19.4 Å². The number of amides is 1. The number of nitrogens with two attached hydrogens (primary N) is 1. The number of carbonyl (C=O) groups is 1. The van der Waals surface area contributed by atoms with E-state index >= 15 is 0 Å². The molecule has 3 nitrogen and oxygen atoms in total. The maximum Gasteiger partial charge on any atom is 0.222 e. The van der Waals surface area contributed by atoms with Crippen LogP contribution in [0.2, 0.25) is 0 Å². The van der Waals surface area contributed by atoms with Gasteiger partial charge in [0.1, 0.15) is 0 Å². The Morgan fingerprint density at radius 2 is 2.00 bits per heavy atom. The van der Waals surface area contributed by atoms with Gasteiger partial charge < -0.3 is 10.6 Å². The van der Waals surface area contributed by atoms with E-state index < -0.39 is 0 Å². The van der Waals surface area contributed by atoms with E-state index in [2.05, 4.69) is 6.92 Å². The van der Waals surface area contributed by atoms with E-state index in [1.807, 2.05) is 4.90 Å². The van der Waals surface area contributed by atoms with E-state index in [9.17, 15) is 4.79 Å². The highest BCUT2D eigenvalue weighted by atomic mass is 16.2. The SMILES string of the molecule is CCCCCC(=O)N(CCN)C1CCCC1. The van der Waals surface area contributed by atoms with Gasteiger partial charge in [-0.1, -0.05) is 32.6 Å². The van der Waals surface area contributed by atoms with Crippen LogP contribution in [-0.4, -0.2) is 29.9 Å². The fraction of sp³-hybridized carbons (Fsp3) is 0.923. The molecule has 0 heterocycles. The summed E-state index contributed by atoms with van der Waals surface area (Å²) in [6.45, 7) is 3.50. The van der Waals surface area contributed by atoms with Gasteiger partial charge in [-0.15, -0.1) is 0 Å². The van der Waals surface area contributed by atoms with Crippen LogP contribution in [0.3, 0.4) is 0 Å². The predicted octanol–water partition coefficient (Wildman–Crippen LogP) is 2.30. The zero-order chi connectivity index (χ0) is 11.8. The standard InChI is InChI=1S/C13H26N2O/c1-2-3-4-9-13(16)15(11-10-14)12-7-5-6-8-12/h12H,2-11,14H2,1H3. The van der Waals surface area contributed by atoms with Crippen molar-refractivity contribution in [2.45, 2.75) is 64.3 Å². The minimum Gasteiger partial charge on any atom is -0.338 e. The van der Waals surface area contributed by atoms with Crippen molar-refractivity contribution >= 4 is 5.91 Å². The van der Waals surface area contributed by atoms with Crippen molar-refractivity contribution in [3.8, 4) is 0 Å². The smallest absolute Gasteiger partial charge is 0.222 e. The highest BCUT2D eigenvalue weighted by Gasteiger charge is 2.25. The highest BCUT2D eigenvalue weighted by Crippen LogP contribution is 2.24. The molecule has 1 amide bonds. The number of carbonyl (C=O) groups excluding carboxylic acids is 1. The first-order chi connectivity index (χ1) is 7.79. The zero-order valence-corrected chi connectivity index (χ0v) is 10.6. The lowest BCUT2D eigenvalue weighted by atomic mass is 10.1. The minimum atomic E-state index is 0.325. The van der Waals surface area contributed by atoms with E-state index in [1.54, 1.807) is 0 Å². The third-order valence-corrected chi connectivity index (χ3v) is 3.45. The van der Waals surface area contributed by atoms with Crippen molar-refractivity contribution < 1.29 is 4.79 Å². The first-order valence-electron chi connectivity index (χ1n) is 6.79. The van der Waals surface area contributed by atoms with Crippen molar-refractivity contribution in [1.29, 1.82) is 0 Å². The van der Waals surface area contributed by atoms with Crippen LogP contribution in [0.25, 0.3) is 0 Å². The molecule has 1 aliphatic rings. The summed E-state index contributed by atoms with van der Waals surface area (Å²) in [5, 5.41) is 0.